The molecule has 0 bridgehead atoms. The van der Waals surface area contributed by atoms with Crippen molar-refractivity contribution in [2.45, 2.75) is 64.1 Å². The number of likely N-dealkylation sites (tertiary alicyclic amines) is 1. The summed E-state index contributed by atoms with van der Waals surface area (Å²) in [7, 11) is 1.32. The quantitative estimate of drug-likeness (QED) is 0.200. The summed E-state index contributed by atoms with van der Waals surface area (Å²) in [6.07, 6.45) is 5.06. The molecule has 0 atom stereocenters. The Morgan fingerprint density at radius 1 is 1.25 bits per heavy atom. The first-order valence-electron chi connectivity index (χ1n) is 12.5. The Morgan fingerprint density at radius 3 is 2.61 bits per heavy atom. The summed E-state index contributed by atoms with van der Waals surface area (Å²) in [6.45, 7) is 5.59. The predicted octanol–water partition coefficient (Wildman–Crippen LogP) is 3.45. The topological polar surface area (TPSA) is 137 Å². The van der Waals surface area contributed by atoms with Crippen molar-refractivity contribution in [1.29, 1.82) is 0 Å². The van der Waals surface area contributed by atoms with E-state index < -0.39 is 22.1 Å². The molecule has 1 aliphatic carbocycles. The molecule has 1 aromatic carbocycles. The molecule has 194 valence electrons. The fraction of sp³-hybridized carbons (Fsp3) is 0.560. The zero-order chi connectivity index (χ0) is 25.7. The lowest BCUT2D eigenvalue weighted by Crippen LogP contribution is -2.45. The van der Waals surface area contributed by atoms with Crippen molar-refractivity contribution in [2.75, 3.05) is 37.4 Å². The van der Waals surface area contributed by atoms with Crippen molar-refractivity contribution in [3.63, 3.8) is 0 Å². The Balaban J connectivity index is 1.73. The van der Waals surface area contributed by atoms with E-state index in [9.17, 15) is 14.9 Å². The maximum absolute atomic E-state index is 12.9. The van der Waals surface area contributed by atoms with Crippen molar-refractivity contribution in [3.05, 3.63) is 45.5 Å². The van der Waals surface area contributed by atoms with E-state index in [1.807, 2.05) is 19.1 Å². The number of aromatic nitrogens is 2. The number of carbonyl (C=O) groups excluding carboxylic acids is 1. The van der Waals surface area contributed by atoms with Gasteiger partial charge in [0.05, 0.1) is 18.6 Å². The third kappa shape index (κ3) is 5.51. The van der Waals surface area contributed by atoms with Crippen LogP contribution in [0.4, 0.5) is 17.3 Å². The van der Waals surface area contributed by atoms with Gasteiger partial charge >= 0.3 is 17.7 Å². The van der Waals surface area contributed by atoms with Gasteiger partial charge in [0.15, 0.2) is 0 Å². The van der Waals surface area contributed by atoms with Crippen molar-refractivity contribution in [2.24, 2.45) is 0 Å². The Hall–Kier alpha value is -3.47. The van der Waals surface area contributed by atoms with E-state index in [-0.39, 0.29) is 24.2 Å². The minimum absolute atomic E-state index is 0.0353. The van der Waals surface area contributed by atoms with Crippen LogP contribution in [0.25, 0.3) is 0 Å². The molecule has 2 N–H and O–H groups in total. The lowest BCUT2D eigenvalue weighted by atomic mass is 10.1. The van der Waals surface area contributed by atoms with Gasteiger partial charge < -0.3 is 20.1 Å². The van der Waals surface area contributed by atoms with Crippen molar-refractivity contribution in [3.8, 4) is 6.01 Å². The van der Waals surface area contributed by atoms with E-state index in [0.29, 0.717) is 19.4 Å². The van der Waals surface area contributed by atoms with Gasteiger partial charge in [-0.1, -0.05) is 37.6 Å². The highest BCUT2D eigenvalue weighted by atomic mass is 16.6. The number of rotatable bonds is 12. The first-order valence-corrected chi connectivity index (χ1v) is 12.5. The lowest BCUT2D eigenvalue weighted by Gasteiger charge is -2.31. The number of nitro groups is 1. The van der Waals surface area contributed by atoms with Gasteiger partial charge in [-0.15, -0.1) is 0 Å². The fourth-order valence-corrected chi connectivity index (χ4v) is 4.70. The van der Waals surface area contributed by atoms with E-state index in [1.165, 1.54) is 20.0 Å². The molecule has 1 saturated heterocycles. The zero-order valence-corrected chi connectivity index (χ0v) is 20.9. The van der Waals surface area contributed by atoms with E-state index in [0.717, 1.165) is 43.6 Å². The number of nitrogens with zero attached hydrogens (tertiary/aromatic N) is 5. The second kappa shape index (κ2) is 11.1. The molecule has 0 unspecified atom stereocenters. The normalized spacial score (nSPS) is 16.5. The van der Waals surface area contributed by atoms with Crippen LogP contribution in [0, 0.1) is 10.1 Å². The summed E-state index contributed by atoms with van der Waals surface area (Å²) < 4.78 is 10.8. The van der Waals surface area contributed by atoms with E-state index in [4.69, 9.17) is 15.2 Å². The van der Waals surface area contributed by atoms with Crippen LogP contribution in [0.2, 0.25) is 0 Å². The van der Waals surface area contributed by atoms with Gasteiger partial charge in [-0.25, -0.2) is 4.79 Å². The van der Waals surface area contributed by atoms with Gasteiger partial charge in [-0.3, -0.25) is 15.0 Å². The Bertz CT molecular complexity index is 1100. The number of unbranched alkanes of at least 4 members (excludes halogenated alkanes) is 1. The predicted molar refractivity (Wildman–Crippen MR) is 135 cm³/mol. The van der Waals surface area contributed by atoms with Crippen molar-refractivity contribution >= 4 is 23.3 Å². The van der Waals surface area contributed by atoms with Gasteiger partial charge in [0.25, 0.3) is 0 Å². The largest absolute Gasteiger partial charge is 0.467 e. The minimum atomic E-state index is -1.06. The molecule has 2 aromatic rings. The van der Waals surface area contributed by atoms with Gasteiger partial charge in [-0.2, -0.15) is 9.97 Å². The van der Waals surface area contributed by atoms with Gasteiger partial charge in [0, 0.05) is 13.1 Å². The highest BCUT2D eigenvalue weighted by Gasteiger charge is 2.58. The number of methoxy groups -OCH3 is 1. The summed E-state index contributed by atoms with van der Waals surface area (Å²) >= 11 is 0. The number of esters is 1. The monoisotopic (exact) mass is 498 g/mol. The smallest absolute Gasteiger partial charge is 0.353 e. The molecule has 1 saturated carbocycles. The number of carbonyl (C=O) groups is 1. The van der Waals surface area contributed by atoms with E-state index >= 15 is 0 Å². The molecule has 11 heteroatoms. The maximum Gasteiger partial charge on any atom is 0.353 e. The first-order chi connectivity index (χ1) is 17.4. The first kappa shape index (κ1) is 25.6. The molecule has 2 fully saturated rings. The third-order valence-corrected chi connectivity index (χ3v) is 6.78. The number of hydrogen-bond acceptors (Lipinski definition) is 10. The van der Waals surface area contributed by atoms with Crippen LogP contribution < -0.4 is 15.4 Å². The minimum Gasteiger partial charge on any atom is -0.467 e. The Labute approximate surface area is 210 Å². The second-order valence-electron chi connectivity index (χ2n) is 9.44. The van der Waals surface area contributed by atoms with E-state index in [2.05, 4.69) is 27.0 Å². The Kier molecular flexibility index (Phi) is 7.88. The summed E-state index contributed by atoms with van der Waals surface area (Å²) in [6, 6.07) is 8.02. The van der Waals surface area contributed by atoms with Gasteiger partial charge in [0.1, 0.15) is 5.54 Å². The van der Waals surface area contributed by atoms with Crippen molar-refractivity contribution < 1.29 is 19.2 Å². The number of nitrogens with two attached hydrogens (primary N) is 1. The maximum atomic E-state index is 12.9. The number of ether oxygens (including phenoxy) is 2. The summed E-state index contributed by atoms with van der Waals surface area (Å²) in [5, 5.41) is 12.1. The van der Waals surface area contributed by atoms with Crippen LogP contribution in [0.15, 0.2) is 24.3 Å². The van der Waals surface area contributed by atoms with Crippen LogP contribution in [0.5, 0.6) is 6.01 Å². The Morgan fingerprint density at radius 2 is 1.97 bits per heavy atom. The van der Waals surface area contributed by atoms with Gasteiger partial charge in [0.2, 0.25) is 11.6 Å². The van der Waals surface area contributed by atoms with Crippen molar-refractivity contribution in [1.82, 2.24) is 14.9 Å². The van der Waals surface area contributed by atoms with E-state index in [1.54, 1.807) is 4.90 Å². The standard InChI is InChI=1S/C25H34N6O5/c1-3-4-14-36-24-27-21(26)20(31(33)34)22(28-24)30(25(10-11-25)23(32)35-2)17-19-9-7-8-18(15-19)16-29-12-5-6-13-29/h7-9,15H,3-6,10-14,16-17H2,1-2H3,(H2,26,27,28). The second-order valence-corrected chi connectivity index (χ2v) is 9.44. The average Bonchev–Trinajstić information content (AvgIpc) is 3.50. The molecule has 0 amide bonds. The third-order valence-electron chi connectivity index (χ3n) is 6.78. The van der Waals surface area contributed by atoms with Crippen LogP contribution >= 0.6 is 0 Å². The van der Waals surface area contributed by atoms with Crippen LogP contribution in [-0.4, -0.2) is 58.1 Å². The molecular weight excluding hydrogens is 464 g/mol. The molecule has 0 spiro atoms. The molecule has 11 nitrogen and oxygen atoms in total. The summed E-state index contributed by atoms with van der Waals surface area (Å²) in [5.41, 5.74) is 6.57. The number of hydrogen-bond donors (Lipinski definition) is 1. The number of nitrogen functional groups attached to an aromatic ring is 1. The molecule has 2 aliphatic rings. The molecule has 4 rings (SSSR count). The summed E-state index contributed by atoms with van der Waals surface area (Å²) in [4.78, 5) is 36.8. The van der Waals surface area contributed by atoms with Gasteiger partial charge in [-0.05, 0) is 56.3 Å². The molecule has 0 radical (unpaired) electrons. The van der Waals surface area contributed by atoms with Crippen LogP contribution in [-0.2, 0) is 22.6 Å². The number of benzene rings is 1. The van der Waals surface area contributed by atoms with Crippen LogP contribution in [0.3, 0.4) is 0 Å². The average molecular weight is 499 g/mol. The SMILES string of the molecule is CCCCOc1nc(N)c([N+](=O)[O-])c(N(Cc2cccc(CN3CCCC3)c2)C2(C(=O)OC)CC2)n1. The molecule has 2 heterocycles. The molecule has 1 aromatic heterocycles. The lowest BCUT2D eigenvalue weighted by molar-refractivity contribution is -0.383. The fourth-order valence-electron chi connectivity index (χ4n) is 4.70. The highest BCUT2D eigenvalue weighted by Crippen LogP contribution is 2.48. The number of anilines is 2. The molecule has 1 aliphatic heterocycles. The van der Waals surface area contributed by atoms with Crippen LogP contribution in [0.1, 0.15) is 56.6 Å². The molecular formula is C25H34N6O5. The zero-order valence-electron chi connectivity index (χ0n) is 20.9. The molecule has 36 heavy (non-hydrogen) atoms. The summed E-state index contributed by atoms with van der Waals surface area (Å²) in [5.74, 6) is -0.799. The highest BCUT2D eigenvalue weighted by molar-refractivity contribution is 5.90.